The minimum atomic E-state index is 0.813. The molecule has 2 saturated carbocycles. The Bertz CT molecular complexity index is 460. The van der Waals surface area contributed by atoms with Crippen molar-refractivity contribution in [3.63, 3.8) is 0 Å². The maximum absolute atomic E-state index is 5.36. The standard InChI is InChI=1S/C17H25NO2/c1-19-16-6-4-12(11-17(16)20-2)7-8-18-15-10-13-3-5-14(15)9-13/h4,6,11,13-15,18H,3,5,7-10H2,1-2H3/p+1/t13-,14+,15-/m0/s1. The van der Waals surface area contributed by atoms with Crippen molar-refractivity contribution in [3.8, 4) is 11.5 Å². The third-order valence-corrected chi connectivity index (χ3v) is 5.14. The van der Waals surface area contributed by atoms with Crippen LogP contribution in [-0.4, -0.2) is 26.8 Å². The molecular formula is C17H26NO2+. The van der Waals surface area contributed by atoms with Gasteiger partial charge in [0, 0.05) is 18.8 Å². The zero-order valence-corrected chi connectivity index (χ0v) is 12.6. The van der Waals surface area contributed by atoms with Gasteiger partial charge in [-0.15, -0.1) is 0 Å². The van der Waals surface area contributed by atoms with Crippen LogP contribution in [0.1, 0.15) is 31.2 Å². The fourth-order valence-electron chi connectivity index (χ4n) is 4.08. The van der Waals surface area contributed by atoms with Gasteiger partial charge in [-0.2, -0.15) is 0 Å². The molecule has 0 amide bonds. The van der Waals surface area contributed by atoms with E-state index in [-0.39, 0.29) is 0 Å². The van der Waals surface area contributed by atoms with E-state index >= 15 is 0 Å². The van der Waals surface area contributed by atoms with Crippen LogP contribution in [0.2, 0.25) is 0 Å². The van der Waals surface area contributed by atoms with Gasteiger partial charge in [0.1, 0.15) is 0 Å². The second kappa shape index (κ2) is 6.04. The van der Waals surface area contributed by atoms with E-state index in [0.717, 1.165) is 35.8 Å². The average molecular weight is 276 g/mol. The lowest BCUT2D eigenvalue weighted by molar-refractivity contribution is -0.694. The van der Waals surface area contributed by atoms with Gasteiger partial charge in [-0.1, -0.05) is 6.07 Å². The van der Waals surface area contributed by atoms with E-state index in [0.29, 0.717) is 0 Å². The first kappa shape index (κ1) is 13.7. The summed E-state index contributed by atoms with van der Waals surface area (Å²) >= 11 is 0. The first-order valence-electron chi connectivity index (χ1n) is 7.84. The molecule has 1 aromatic carbocycles. The molecule has 1 aromatic rings. The van der Waals surface area contributed by atoms with Gasteiger partial charge in [-0.25, -0.2) is 0 Å². The molecular weight excluding hydrogens is 250 g/mol. The van der Waals surface area contributed by atoms with Crippen molar-refractivity contribution in [2.75, 3.05) is 20.8 Å². The van der Waals surface area contributed by atoms with Crippen LogP contribution in [0, 0.1) is 11.8 Å². The highest BCUT2D eigenvalue weighted by Crippen LogP contribution is 2.42. The van der Waals surface area contributed by atoms with Crippen LogP contribution in [0.15, 0.2) is 18.2 Å². The largest absolute Gasteiger partial charge is 0.493 e. The molecule has 0 radical (unpaired) electrons. The lowest BCUT2D eigenvalue weighted by Crippen LogP contribution is -2.91. The van der Waals surface area contributed by atoms with Gasteiger partial charge >= 0.3 is 0 Å². The van der Waals surface area contributed by atoms with E-state index in [1.54, 1.807) is 14.2 Å². The quantitative estimate of drug-likeness (QED) is 0.862. The molecule has 2 N–H and O–H groups in total. The van der Waals surface area contributed by atoms with Crippen LogP contribution in [0.5, 0.6) is 11.5 Å². The van der Waals surface area contributed by atoms with Crippen LogP contribution < -0.4 is 14.8 Å². The zero-order chi connectivity index (χ0) is 13.9. The monoisotopic (exact) mass is 276 g/mol. The molecule has 110 valence electrons. The smallest absolute Gasteiger partial charge is 0.160 e. The predicted octanol–water partition coefficient (Wildman–Crippen LogP) is 2.00. The minimum Gasteiger partial charge on any atom is -0.493 e. The molecule has 0 spiro atoms. The second-order valence-corrected chi connectivity index (χ2v) is 6.30. The summed E-state index contributed by atoms with van der Waals surface area (Å²) in [5, 5.41) is 2.58. The van der Waals surface area contributed by atoms with E-state index in [1.807, 2.05) is 6.07 Å². The first-order valence-corrected chi connectivity index (χ1v) is 7.84. The fourth-order valence-corrected chi connectivity index (χ4v) is 4.08. The summed E-state index contributed by atoms with van der Waals surface area (Å²) in [6.45, 7) is 1.18. The van der Waals surface area contributed by atoms with Gasteiger partial charge in [-0.05, 0) is 42.9 Å². The summed E-state index contributed by atoms with van der Waals surface area (Å²) in [5.74, 6) is 3.70. The molecule has 20 heavy (non-hydrogen) atoms. The summed E-state index contributed by atoms with van der Waals surface area (Å²) in [4.78, 5) is 0. The third kappa shape index (κ3) is 2.78. The fraction of sp³-hybridized carbons (Fsp3) is 0.647. The van der Waals surface area contributed by atoms with Crippen LogP contribution in [0.4, 0.5) is 0 Å². The zero-order valence-electron chi connectivity index (χ0n) is 12.6. The Kier molecular flexibility index (Phi) is 4.16. The van der Waals surface area contributed by atoms with Crippen LogP contribution in [0.3, 0.4) is 0 Å². The highest BCUT2D eigenvalue weighted by atomic mass is 16.5. The lowest BCUT2D eigenvalue weighted by Gasteiger charge is -2.19. The normalized spacial score (nSPS) is 27.8. The summed E-state index contributed by atoms with van der Waals surface area (Å²) in [6.07, 6.45) is 7.02. The number of rotatable bonds is 6. The Morgan fingerprint density at radius 2 is 1.95 bits per heavy atom. The van der Waals surface area contributed by atoms with Gasteiger partial charge in [0.05, 0.1) is 26.8 Å². The highest BCUT2D eigenvalue weighted by molar-refractivity contribution is 5.42. The van der Waals surface area contributed by atoms with Gasteiger partial charge in [0.25, 0.3) is 0 Å². The number of hydrogen-bond acceptors (Lipinski definition) is 2. The maximum atomic E-state index is 5.36. The van der Waals surface area contributed by atoms with Crippen molar-refractivity contribution in [1.82, 2.24) is 0 Å². The number of fused-ring (bicyclic) bond motifs is 2. The molecule has 3 rings (SSSR count). The van der Waals surface area contributed by atoms with Gasteiger partial charge < -0.3 is 14.8 Å². The highest BCUT2D eigenvalue weighted by Gasteiger charge is 2.41. The molecule has 2 aliphatic carbocycles. The molecule has 0 aliphatic heterocycles. The van der Waals surface area contributed by atoms with E-state index in [2.05, 4.69) is 17.4 Å². The molecule has 0 aromatic heterocycles. The van der Waals surface area contributed by atoms with Gasteiger partial charge in [0.2, 0.25) is 0 Å². The summed E-state index contributed by atoms with van der Waals surface area (Å²) in [6, 6.07) is 7.16. The van der Waals surface area contributed by atoms with E-state index in [9.17, 15) is 0 Å². The van der Waals surface area contributed by atoms with Crippen molar-refractivity contribution < 1.29 is 14.8 Å². The number of quaternary nitrogens is 1. The molecule has 2 aliphatic rings. The predicted molar refractivity (Wildman–Crippen MR) is 79.3 cm³/mol. The van der Waals surface area contributed by atoms with Crippen molar-refractivity contribution in [3.05, 3.63) is 23.8 Å². The van der Waals surface area contributed by atoms with Crippen LogP contribution >= 0.6 is 0 Å². The molecule has 2 fully saturated rings. The summed E-state index contributed by atoms with van der Waals surface area (Å²) < 4.78 is 10.6. The Labute approximate surface area is 121 Å². The van der Waals surface area contributed by atoms with Gasteiger partial charge in [0.15, 0.2) is 11.5 Å². The molecule has 3 nitrogen and oxygen atoms in total. The second-order valence-electron chi connectivity index (χ2n) is 6.30. The van der Waals surface area contributed by atoms with E-state index < -0.39 is 0 Å². The van der Waals surface area contributed by atoms with Crippen molar-refractivity contribution in [2.45, 2.75) is 38.1 Å². The Morgan fingerprint density at radius 3 is 2.60 bits per heavy atom. The van der Waals surface area contributed by atoms with Crippen molar-refractivity contribution in [1.29, 1.82) is 0 Å². The van der Waals surface area contributed by atoms with Crippen molar-refractivity contribution in [2.24, 2.45) is 11.8 Å². The third-order valence-electron chi connectivity index (χ3n) is 5.14. The van der Waals surface area contributed by atoms with E-state index in [1.165, 1.54) is 37.8 Å². The van der Waals surface area contributed by atoms with Crippen molar-refractivity contribution >= 4 is 0 Å². The molecule has 2 bridgehead atoms. The molecule has 3 atom stereocenters. The summed E-state index contributed by atoms with van der Waals surface area (Å²) in [7, 11) is 3.38. The SMILES string of the molecule is COc1ccc(CC[NH2+][C@H]2C[C@H]3CC[C@@H]2C3)cc1OC. The lowest BCUT2D eigenvalue weighted by atomic mass is 9.95. The first-order chi connectivity index (χ1) is 9.80. The van der Waals surface area contributed by atoms with Crippen LogP contribution in [0.25, 0.3) is 0 Å². The number of nitrogens with two attached hydrogens (primary N) is 1. The Morgan fingerprint density at radius 1 is 1.10 bits per heavy atom. The average Bonchev–Trinajstić information content (AvgIpc) is 3.09. The molecule has 0 saturated heterocycles. The summed E-state index contributed by atoms with van der Waals surface area (Å²) in [5.41, 5.74) is 1.34. The number of benzene rings is 1. The van der Waals surface area contributed by atoms with Gasteiger partial charge in [-0.3, -0.25) is 0 Å². The van der Waals surface area contributed by atoms with Crippen LogP contribution in [-0.2, 0) is 6.42 Å². The number of ether oxygens (including phenoxy) is 2. The molecule has 0 heterocycles. The Balaban J connectivity index is 1.51. The topological polar surface area (TPSA) is 35.1 Å². The van der Waals surface area contributed by atoms with E-state index in [4.69, 9.17) is 9.47 Å². The molecule has 3 heteroatoms. The molecule has 0 unspecified atom stereocenters. The maximum Gasteiger partial charge on any atom is 0.160 e. The number of hydrogen-bond donors (Lipinski definition) is 1. The minimum absolute atomic E-state index is 0.813. The number of methoxy groups -OCH3 is 2. The Hall–Kier alpha value is -1.22.